The number of methoxy groups -OCH3 is 1. The van der Waals surface area contributed by atoms with E-state index in [4.69, 9.17) is 27.9 Å². The van der Waals surface area contributed by atoms with Crippen LogP contribution in [0.15, 0.2) is 77.8 Å². The zero-order valence-electron chi connectivity index (χ0n) is 18.2. The quantitative estimate of drug-likeness (QED) is 0.410. The topological polar surface area (TPSA) is 71.0 Å². The van der Waals surface area contributed by atoms with E-state index in [1.54, 1.807) is 54.5 Å². The Labute approximate surface area is 211 Å². The molecule has 0 unspecified atom stereocenters. The first-order valence-corrected chi connectivity index (χ1v) is 12.1. The largest absolute Gasteiger partial charge is 0.497 e. The predicted molar refractivity (Wildman–Crippen MR) is 138 cm³/mol. The highest BCUT2D eigenvalue weighted by molar-refractivity contribution is 8.15. The van der Waals surface area contributed by atoms with E-state index < -0.39 is 5.25 Å². The molecule has 0 aromatic heterocycles. The Hall–Kier alpha value is -3.00. The van der Waals surface area contributed by atoms with Crippen molar-refractivity contribution in [2.24, 2.45) is 4.99 Å². The summed E-state index contributed by atoms with van der Waals surface area (Å²) in [7, 11) is 1.59. The molecule has 1 aliphatic rings. The van der Waals surface area contributed by atoms with Gasteiger partial charge in [0.2, 0.25) is 11.8 Å². The Balaban J connectivity index is 1.57. The van der Waals surface area contributed by atoms with Gasteiger partial charge in [-0.25, -0.2) is 4.99 Å². The van der Waals surface area contributed by atoms with Crippen molar-refractivity contribution in [1.29, 1.82) is 0 Å². The van der Waals surface area contributed by atoms with Gasteiger partial charge in [0.05, 0.1) is 30.1 Å². The van der Waals surface area contributed by atoms with Crippen LogP contribution in [0, 0.1) is 0 Å². The van der Waals surface area contributed by atoms with Gasteiger partial charge in [0, 0.05) is 11.4 Å². The van der Waals surface area contributed by atoms with Crippen molar-refractivity contribution in [3.05, 3.63) is 88.4 Å². The summed E-state index contributed by atoms with van der Waals surface area (Å²) in [5, 5.41) is 3.65. The number of anilines is 1. The normalized spacial score (nSPS) is 16.7. The van der Waals surface area contributed by atoms with Gasteiger partial charge < -0.3 is 10.1 Å². The summed E-state index contributed by atoms with van der Waals surface area (Å²) in [4.78, 5) is 32.3. The van der Waals surface area contributed by atoms with Crippen molar-refractivity contribution >= 4 is 63.3 Å². The lowest BCUT2D eigenvalue weighted by atomic mass is 10.2. The Morgan fingerprint density at radius 2 is 1.71 bits per heavy atom. The van der Waals surface area contributed by atoms with E-state index in [0.29, 0.717) is 32.3 Å². The SMILES string of the molecule is COc1ccc(N=C2S[C@@H](CC(=O)Nc3ccccc3Cl)C(=O)N2Cc2ccccc2Cl)cc1. The number of hydrogen-bond acceptors (Lipinski definition) is 5. The minimum absolute atomic E-state index is 0.0185. The van der Waals surface area contributed by atoms with Crippen LogP contribution < -0.4 is 10.1 Å². The minimum atomic E-state index is -0.623. The molecule has 1 atom stereocenters. The summed E-state index contributed by atoms with van der Waals surface area (Å²) in [6.45, 7) is 0.253. The maximum atomic E-state index is 13.3. The number of rotatable bonds is 7. The van der Waals surface area contributed by atoms with Crippen LogP contribution in [0.3, 0.4) is 0 Å². The van der Waals surface area contributed by atoms with E-state index in [1.807, 2.05) is 30.3 Å². The van der Waals surface area contributed by atoms with Crippen LogP contribution in [0.2, 0.25) is 10.0 Å². The summed E-state index contributed by atoms with van der Waals surface area (Å²) in [6.07, 6.45) is -0.0185. The molecule has 2 amide bonds. The average molecular weight is 514 g/mol. The fourth-order valence-electron chi connectivity index (χ4n) is 3.37. The molecule has 34 heavy (non-hydrogen) atoms. The molecule has 1 saturated heterocycles. The smallest absolute Gasteiger partial charge is 0.242 e. The van der Waals surface area contributed by atoms with E-state index in [2.05, 4.69) is 10.3 Å². The molecular weight excluding hydrogens is 493 g/mol. The number of para-hydroxylation sites is 1. The third kappa shape index (κ3) is 5.73. The fourth-order valence-corrected chi connectivity index (χ4v) is 4.90. The van der Waals surface area contributed by atoms with Crippen LogP contribution in [-0.4, -0.2) is 34.2 Å². The lowest BCUT2D eigenvalue weighted by Crippen LogP contribution is -2.33. The van der Waals surface area contributed by atoms with Crippen LogP contribution in [0.5, 0.6) is 5.75 Å². The monoisotopic (exact) mass is 513 g/mol. The lowest BCUT2D eigenvalue weighted by Gasteiger charge is -2.17. The highest BCUT2D eigenvalue weighted by Crippen LogP contribution is 2.34. The maximum Gasteiger partial charge on any atom is 0.242 e. The predicted octanol–water partition coefficient (Wildman–Crippen LogP) is 6.16. The molecular formula is C25H21Cl2N3O3S. The molecule has 6 nitrogen and oxygen atoms in total. The van der Waals surface area contributed by atoms with E-state index in [-0.39, 0.29) is 24.8 Å². The molecule has 3 aromatic carbocycles. The van der Waals surface area contributed by atoms with Gasteiger partial charge in [-0.05, 0) is 48.0 Å². The lowest BCUT2D eigenvalue weighted by molar-refractivity contribution is -0.128. The number of hydrogen-bond donors (Lipinski definition) is 1. The van der Waals surface area contributed by atoms with E-state index in [0.717, 1.165) is 5.56 Å². The maximum absolute atomic E-state index is 13.3. The Bertz CT molecular complexity index is 1230. The Morgan fingerprint density at radius 3 is 2.38 bits per heavy atom. The summed E-state index contributed by atoms with van der Waals surface area (Å²) in [5.41, 5.74) is 1.97. The Kier molecular flexibility index (Phi) is 7.77. The summed E-state index contributed by atoms with van der Waals surface area (Å²) in [6, 6.07) is 21.5. The van der Waals surface area contributed by atoms with Gasteiger partial charge in [-0.2, -0.15) is 0 Å². The minimum Gasteiger partial charge on any atom is -0.497 e. The molecule has 1 aliphatic heterocycles. The van der Waals surface area contributed by atoms with Crippen LogP contribution in [0.25, 0.3) is 0 Å². The summed E-state index contributed by atoms with van der Waals surface area (Å²) < 4.78 is 5.20. The highest BCUT2D eigenvalue weighted by atomic mass is 35.5. The second kappa shape index (κ2) is 11.0. The molecule has 0 bridgehead atoms. The third-order valence-electron chi connectivity index (χ3n) is 5.12. The first kappa shape index (κ1) is 24.1. The van der Waals surface area contributed by atoms with Gasteiger partial charge in [0.1, 0.15) is 11.0 Å². The number of ether oxygens (including phenoxy) is 1. The van der Waals surface area contributed by atoms with Gasteiger partial charge in [-0.3, -0.25) is 14.5 Å². The first-order chi connectivity index (χ1) is 16.4. The van der Waals surface area contributed by atoms with Crippen molar-refractivity contribution < 1.29 is 14.3 Å². The number of carbonyl (C=O) groups excluding carboxylic acids is 2. The number of amides is 2. The van der Waals surface area contributed by atoms with Gasteiger partial charge in [-0.1, -0.05) is 65.3 Å². The highest BCUT2D eigenvalue weighted by Gasteiger charge is 2.39. The van der Waals surface area contributed by atoms with Gasteiger partial charge in [0.15, 0.2) is 5.17 Å². The van der Waals surface area contributed by atoms with Crippen molar-refractivity contribution in [2.45, 2.75) is 18.2 Å². The average Bonchev–Trinajstić information content (AvgIpc) is 3.11. The van der Waals surface area contributed by atoms with Crippen molar-refractivity contribution in [3.8, 4) is 5.75 Å². The third-order valence-corrected chi connectivity index (χ3v) is 7.00. The van der Waals surface area contributed by atoms with E-state index >= 15 is 0 Å². The molecule has 4 rings (SSSR count). The van der Waals surface area contributed by atoms with Gasteiger partial charge in [0.25, 0.3) is 0 Å². The number of carbonyl (C=O) groups is 2. The number of benzene rings is 3. The van der Waals surface area contributed by atoms with Crippen LogP contribution in [-0.2, 0) is 16.1 Å². The summed E-state index contributed by atoms with van der Waals surface area (Å²) in [5.74, 6) is 0.204. The fraction of sp³-hybridized carbons (Fsp3) is 0.160. The molecule has 0 spiro atoms. The van der Waals surface area contributed by atoms with E-state index in [9.17, 15) is 9.59 Å². The number of thioether (sulfide) groups is 1. The number of halogens is 2. The zero-order chi connectivity index (χ0) is 24.1. The van der Waals surface area contributed by atoms with Crippen molar-refractivity contribution in [1.82, 2.24) is 4.90 Å². The number of nitrogens with one attached hydrogen (secondary N) is 1. The zero-order valence-corrected chi connectivity index (χ0v) is 20.5. The van der Waals surface area contributed by atoms with E-state index in [1.165, 1.54) is 11.8 Å². The standard InChI is InChI=1S/C25H21Cl2N3O3S/c1-33-18-12-10-17(11-13-18)28-25-30(15-16-6-2-3-7-19(16)26)24(32)22(34-25)14-23(31)29-21-9-5-4-8-20(21)27/h2-13,22H,14-15H2,1H3,(H,29,31)/t22-/m0/s1. The number of aliphatic imine (C=N–C) groups is 1. The second-order valence-electron chi connectivity index (χ2n) is 7.45. The molecule has 0 saturated carbocycles. The first-order valence-electron chi connectivity index (χ1n) is 10.4. The number of nitrogens with zero attached hydrogens (tertiary/aromatic N) is 2. The molecule has 0 radical (unpaired) electrons. The molecule has 1 N–H and O–H groups in total. The molecule has 1 heterocycles. The molecule has 174 valence electrons. The van der Waals surface area contributed by atoms with Crippen LogP contribution >= 0.6 is 35.0 Å². The second-order valence-corrected chi connectivity index (χ2v) is 9.43. The van der Waals surface area contributed by atoms with Crippen molar-refractivity contribution in [3.63, 3.8) is 0 Å². The molecule has 1 fully saturated rings. The molecule has 3 aromatic rings. The van der Waals surface area contributed by atoms with Gasteiger partial charge in [-0.15, -0.1) is 0 Å². The van der Waals surface area contributed by atoms with Gasteiger partial charge >= 0.3 is 0 Å². The number of amidine groups is 1. The molecule has 0 aliphatic carbocycles. The van der Waals surface area contributed by atoms with Crippen LogP contribution in [0.1, 0.15) is 12.0 Å². The summed E-state index contributed by atoms with van der Waals surface area (Å²) >= 11 is 13.7. The van der Waals surface area contributed by atoms with Crippen molar-refractivity contribution in [2.75, 3.05) is 12.4 Å². The molecule has 9 heteroatoms. The Morgan fingerprint density at radius 1 is 1.03 bits per heavy atom. The van der Waals surface area contributed by atoms with Crippen LogP contribution in [0.4, 0.5) is 11.4 Å².